The largest absolute Gasteiger partial charge is 0.371 e. The summed E-state index contributed by atoms with van der Waals surface area (Å²) < 4.78 is 1.53. The van der Waals surface area contributed by atoms with Crippen LogP contribution in [0.2, 0.25) is 0 Å². The molecule has 0 atom stereocenters. The summed E-state index contributed by atoms with van der Waals surface area (Å²) in [6.07, 6.45) is 3.40. The first kappa shape index (κ1) is 17.2. The molecule has 4 rings (SSSR count). The molecule has 0 N–H and O–H groups in total. The number of carbonyl (C=O) groups is 1. The second-order valence-corrected chi connectivity index (χ2v) is 6.74. The number of rotatable bonds is 4. The number of para-hydroxylation sites is 2. The number of benzene rings is 2. The third-order valence-electron chi connectivity index (χ3n) is 5.18. The van der Waals surface area contributed by atoms with Gasteiger partial charge in [-0.25, -0.2) is 0 Å². The van der Waals surface area contributed by atoms with E-state index in [9.17, 15) is 4.79 Å². The lowest BCUT2D eigenvalue weighted by Gasteiger charge is -2.38. The van der Waals surface area contributed by atoms with E-state index in [2.05, 4.69) is 44.7 Å². The number of hydrogen-bond acceptors (Lipinski definition) is 5. The summed E-state index contributed by atoms with van der Waals surface area (Å²) >= 11 is 0. The van der Waals surface area contributed by atoms with Gasteiger partial charge in [-0.2, -0.15) is 4.68 Å². The van der Waals surface area contributed by atoms with Crippen LogP contribution in [0, 0.1) is 0 Å². The Morgan fingerprint density at radius 1 is 1.04 bits per heavy atom. The summed E-state index contributed by atoms with van der Waals surface area (Å²) in [5.41, 5.74) is 2.55. The van der Waals surface area contributed by atoms with Crippen LogP contribution in [0.25, 0.3) is 5.69 Å². The maximum atomic E-state index is 13.1. The summed E-state index contributed by atoms with van der Waals surface area (Å²) in [6, 6.07) is 18.1. The van der Waals surface area contributed by atoms with Crippen LogP contribution in [0.3, 0.4) is 0 Å². The zero-order valence-corrected chi connectivity index (χ0v) is 15.3. The van der Waals surface area contributed by atoms with Gasteiger partial charge >= 0.3 is 0 Å². The highest BCUT2D eigenvalue weighted by Gasteiger charge is 2.27. The van der Waals surface area contributed by atoms with E-state index in [4.69, 9.17) is 0 Å². The molecule has 3 aromatic rings. The lowest BCUT2D eigenvalue weighted by molar-refractivity contribution is 0.0709. The monoisotopic (exact) mass is 362 g/mol. The van der Waals surface area contributed by atoms with E-state index in [1.165, 1.54) is 16.7 Å². The molecule has 0 aliphatic carbocycles. The van der Waals surface area contributed by atoms with Crippen LogP contribution >= 0.6 is 0 Å². The molecule has 0 spiro atoms. The Morgan fingerprint density at radius 2 is 1.74 bits per heavy atom. The van der Waals surface area contributed by atoms with Crippen molar-refractivity contribution in [2.75, 3.05) is 25.0 Å². The minimum atomic E-state index is -0.000684. The molecule has 138 valence electrons. The van der Waals surface area contributed by atoms with Crippen molar-refractivity contribution in [1.29, 1.82) is 0 Å². The van der Waals surface area contributed by atoms with E-state index in [-0.39, 0.29) is 11.9 Å². The molecule has 1 amide bonds. The van der Waals surface area contributed by atoms with Crippen LogP contribution in [0.15, 0.2) is 60.9 Å². The van der Waals surface area contributed by atoms with Gasteiger partial charge in [0.1, 0.15) is 6.33 Å². The molecule has 7 nitrogen and oxygen atoms in total. The van der Waals surface area contributed by atoms with Crippen molar-refractivity contribution in [2.45, 2.75) is 18.9 Å². The zero-order valence-electron chi connectivity index (χ0n) is 15.3. The highest BCUT2D eigenvalue weighted by molar-refractivity contribution is 5.97. The summed E-state index contributed by atoms with van der Waals surface area (Å²) in [5, 5.41) is 11.3. The predicted molar refractivity (Wildman–Crippen MR) is 103 cm³/mol. The van der Waals surface area contributed by atoms with E-state index in [0.29, 0.717) is 11.3 Å². The number of amides is 1. The topological polar surface area (TPSA) is 67.2 Å². The average Bonchev–Trinajstić information content (AvgIpc) is 3.28. The van der Waals surface area contributed by atoms with Gasteiger partial charge in [-0.05, 0) is 47.5 Å². The molecule has 1 fully saturated rings. The smallest absolute Gasteiger partial charge is 0.256 e. The molecular weight excluding hydrogens is 340 g/mol. The van der Waals surface area contributed by atoms with Gasteiger partial charge in [0.15, 0.2) is 0 Å². The molecule has 0 unspecified atom stereocenters. The minimum Gasteiger partial charge on any atom is -0.371 e. The van der Waals surface area contributed by atoms with Crippen LogP contribution in [0.5, 0.6) is 0 Å². The normalized spacial score (nSPS) is 14.9. The fourth-order valence-electron chi connectivity index (χ4n) is 3.63. The van der Waals surface area contributed by atoms with Crippen LogP contribution in [0.4, 0.5) is 5.69 Å². The molecule has 27 heavy (non-hydrogen) atoms. The molecule has 1 aliphatic heterocycles. The van der Waals surface area contributed by atoms with Crippen molar-refractivity contribution in [2.24, 2.45) is 0 Å². The highest BCUT2D eigenvalue weighted by Crippen LogP contribution is 2.24. The second-order valence-electron chi connectivity index (χ2n) is 6.74. The first-order chi connectivity index (χ1) is 13.2. The lowest BCUT2D eigenvalue weighted by atomic mass is 10.0. The summed E-state index contributed by atoms with van der Waals surface area (Å²) in [4.78, 5) is 17.4. The fraction of sp³-hybridized carbons (Fsp3) is 0.300. The maximum absolute atomic E-state index is 13.1. The molecule has 1 aromatic heterocycles. The van der Waals surface area contributed by atoms with Gasteiger partial charge in [-0.15, -0.1) is 5.10 Å². The molecule has 1 saturated heterocycles. The molecule has 7 heteroatoms. The number of carbonyl (C=O) groups excluding carboxylic acids is 1. The van der Waals surface area contributed by atoms with Crippen LogP contribution in [0.1, 0.15) is 23.2 Å². The summed E-state index contributed by atoms with van der Waals surface area (Å²) in [5.74, 6) is -0.000684. The van der Waals surface area contributed by atoms with Gasteiger partial charge in [0.25, 0.3) is 5.91 Å². The minimum absolute atomic E-state index is 0.000684. The number of tetrazole rings is 1. The van der Waals surface area contributed by atoms with Gasteiger partial charge in [0, 0.05) is 31.9 Å². The number of nitrogens with zero attached hydrogens (tertiary/aromatic N) is 6. The molecule has 1 aliphatic rings. The van der Waals surface area contributed by atoms with Gasteiger partial charge in [0.2, 0.25) is 0 Å². The van der Waals surface area contributed by atoms with E-state index in [1.54, 1.807) is 0 Å². The van der Waals surface area contributed by atoms with Gasteiger partial charge < -0.3 is 9.80 Å². The quantitative estimate of drug-likeness (QED) is 0.713. The van der Waals surface area contributed by atoms with Crippen molar-refractivity contribution >= 4 is 11.6 Å². The first-order valence-electron chi connectivity index (χ1n) is 9.13. The third kappa shape index (κ3) is 3.53. The number of anilines is 1. The van der Waals surface area contributed by atoms with Gasteiger partial charge in [-0.1, -0.05) is 30.3 Å². The Hall–Kier alpha value is -3.22. The highest BCUT2D eigenvalue weighted by atomic mass is 16.2. The van der Waals surface area contributed by atoms with Gasteiger partial charge in [-0.3, -0.25) is 4.79 Å². The summed E-state index contributed by atoms with van der Waals surface area (Å²) in [7, 11) is 1.89. The molecule has 2 aromatic carbocycles. The van der Waals surface area contributed by atoms with E-state index in [1.807, 2.05) is 42.3 Å². The van der Waals surface area contributed by atoms with Crippen molar-refractivity contribution < 1.29 is 4.79 Å². The number of aromatic nitrogens is 4. The Bertz CT molecular complexity index is 888. The maximum Gasteiger partial charge on any atom is 0.256 e. The Morgan fingerprint density at radius 3 is 2.44 bits per heavy atom. The fourth-order valence-corrected chi connectivity index (χ4v) is 3.63. The van der Waals surface area contributed by atoms with E-state index >= 15 is 0 Å². The summed E-state index contributed by atoms with van der Waals surface area (Å²) in [6.45, 7) is 1.89. The van der Waals surface area contributed by atoms with Crippen molar-refractivity contribution in [3.05, 3.63) is 66.5 Å². The molecule has 0 radical (unpaired) electrons. The third-order valence-corrected chi connectivity index (χ3v) is 5.18. The zero-order chi connectivity index (χ0) is 18.6. The van der Waals surface area contributed by atoms with Gasteiger partial charge in [0.05, 0.1) is 11.3 Å². The molecular formula is C20H22N6O. The Balaban J connectivity index is 1.47. The van der Waals surface area contributed by atoms with Crippen LogP contribution < -0.4 is 4.90 Å². The predicted octanol–water partition coefficient (Wildman–Crippen LogP) is 2.40. The first-order valence-corrected chi connectivity index (χ1v) is 9.13. The molecule has 0 saturated carbocycles. The molecule has 0 bridgehead atoms. The van der Waals surface area contributed by atoms with Crippen LogP contribution in [-0.4, -0.2) is 57.2 Å². The number of hydrogen-bond donors (Lipinski definition) is 0. The van der Waals surface area contributed by atoms with Crippen molar-refractivity contribution in [1.82, 2.24) is 25.1 Å². The van der Waals surface area contributed by atoms with Crippen LogP contribution in [-0.2, 0) is 0 Å². The van der Waals surface area contributed by atoms with E-state index in [0.717, 1.165) is 25.9 Å². The lowest BCUT2D eigenvalue weighted by Crippen LogP contribution is -2.45. The van der Waals surface area contributed by atoms with Crippen molar-refractivity contribution in [3.8, 4) is 5.69 Å². The Labute approximate surface area is 158 Å². The SMILES string of the molecule is CN(C(=O)c1ccccc1-n1cnnn1)C1CCN(c2ccccc2)CC1. The standard InChI is InChI=1S/C20H22N6O/c1-24(16-11-13-25(14-12-16)17-7-3-2-4-8-17)20(27)18-9-5-6-10-19(18)26-15-21-22-23-26/h2-10,15-16H,11-14H2,1H3. The Kier molecular flexibility index (Phi) is 4.82. The van der Waals surface area contributed by atoms with E-state index < -0.39 is 0 Å². The average molecular weight is 362 g/mol. The number of piperidine rings is 1. The molecule has 2 heterocycles. The van der Waals surface area contributed by atoms with Crippen molar-refractivity contribution in [3.63, 3.8) is 0 Å². The second kappa shape index (κ2) is 7.57.